The van der Waals surface area contributed by atoms with Crippen molar-refractivity contribution in [2.75, 3.05) is 13.7 Å². The van der Waals surface area contributed by atoms with Crippen LogP contribution in [0.3, 0.4) is 0 Å². The second kappa shape index (κ2) is 4.82. The first-order valence-corrected chi connectivity index (χ1v) is 6.29. The van der Waals surface area contributed by atoms with Crippen LogP contribution in [-0.4, -0.2) is 23.9 Å². The van der Waals surface area contributed by atoms with Gasteiger partial charge in [0.1, 0.15) is 5.75 Å². The molecule has 1 unspecified atom stereocenters. The molecule has 2 heterocycles. The third-order valence-corrected chi connectivity index (χ3v) is 3.46. The van der Waals surface area contributed by atoms with Crippen LogP contribution >= 0.6 is 0 Å². The molecular formula is C14H17N3O. The highest BCUT2D eigenvalue weighted by molar-refractivity contribution is 5.67. The Morgan fingerprint density at radius 3 is 3.11 bits per heavy atom. The van der Waals surface area contributed by atoms with Crippen molar-refractivity contribution in [2.24, 2.45) is 0 Å². The van der Waals surface area contributed by atoms with Crippen molar-refractivity contribution in [2.45, 2.75) is 18.9 Å². The molecule has 0 aliphatic carbocycles. The minimum atomic E-state index is 0.397. The minimum Gasteiger partial charge on any atom is -0.497 e. The smallest absolute Gasteiger partial charge is 0.119 e. The summed E-state index contributed by atoms with van der Waals surface area (Å²) in [6.45, 7) is 1.08. The molecule has 0 amide bonds. The molecule has 18 heavy (non-hydrogen) atoms. The Bertz CT molecular complexity index is 529. The Hall–Kier alpha value is -1.81. The average Bonchev–Trinajstić information content (AvgIpc) is 3.09. The van der Waals surface area contributed by atoms with Gasteiger partial charge in [-0.15, -0.1) is 0 Å². The van der Waals surface area contributed by atoms with Crippen LogP contribution in [0.5, 0.6) is 5.75 Å². The van der Waals surface area contributed by atoms with Gasteiger partial charge in [-0.1, -0.05) is 12.1 Å². The third-order valence-electron chi connectivity index (χ3n) is 3.46. The number of methoxy groups -OCH3 is 1. The molecule has 4 nitrogen and oxygen atoms in total. The molecule has 0 saturated carbocycles. The van der Waals surface area contributed by atoms with E-state index in [1.165, 1.54) is 18.5 Å². The van der Waals surface area contributed by atoms with Gasteiger partial charge in [-0.3, -0.25) is 5.10 Å². The maximum Gasteiger partial charge on any atom is 0.119 e. The van der Waals surface area contributed by atoms with Crippen molar-refractivity contribution >= 4 is 0 Å². The van der Waals surface area contributed by atoms with E-state index in [1.807, 2.05) is 24.4 Å². The molecule has 0 spiro atoms. The molecule has 1 aromatic heterocycles. The van der Waals surface area contributed by atoms with Crippen LogP contribution in [0.25, 0.3) is 11.1 Å². The van der Waals surface area contributed by atoms with E-state index < -0.39 is 0 Å². The lowest BCUT2D eigenvalue weighted by atomic mass is 10.0. The molecule has 1 fully saturated rings. The topological polar surface area (TPSA) is 49.9 Å². The summed E-state index contributed by atoms with van der Waals surface area (Å²) in [6, 6.07) is 8.49. The van der Waals surface area contributed by atoms with E-state index in [-0.39, 0.29) is 0 Å². The molecule has 1 atom stereocenters. The number of hydrogen-bond donors (Lipinski definition) is 2. The zero-order chi connectivity index (χ0) is 12.4. The van der Waals surface area contributed by atoms with Crippen LogP contribution in [0, 0.1) is 0 Å². The summed E-state index contributed by atoms with van der Waals surface area (Å²) in [6.07, 6.45) is 4.28. The van der Waals surface area contributed by atoms with Crippen LogP contribution in [0.15, 0.2) is 30.5 Å². The Morgan fingerprint density at radius 2 is 2.33 bits per heavy atom. The van der Waals surface area contributed by atoms with E-state index in [2.05, 4.69) is 21.6 Å². The monoisotopic (exact) mass is 243 g/mol. The van der Waals surface area contributed by atoms with Gasteiger partial charge in [-0.2, -0.15) is 5.10 Å². The molecule has 2 N–H and O–H groups in total. The first-order valence-electron chi connectivity index (χ1n) is 6.29. The van der Waals surface area contributed by atoms with Gasteiger partial charge in [-0.25, -0.2) is 0 Å². The second-order valence-electron chi connectivity index (χ2n) is 4.58. The fourth-order valence-electron chi connectivity index (χ4n) is 2.51. The number of rotatable bonds is 3. The fourth-order valence-corrected chi connectivity index (χ4v) is 2.51. The summed E-state index contributed by atoms with van der Waals surface area (Å²) in [5.74, 6) is 0.874. The number of aromatic nitrogens is 2. The number of benzene rings is 1. The number of ether oxygens (including phenoxy) is 1. The Kier molecular flexibility index (Phi) is 3.02. The minimum absolute atomic E-state index is 0.397. The van der Waals surface area contributed by atoms with Crippen molar-refractivity contribution in [1.29, 1.82) is 0 Å². The molecule has 4 heteroatoms. The van der Waals surface area contributed by atoms with Crippen molar-refractivity contribution in [3.63, 3.8) is 0 Å². The third kappa shape index (κ3) is 1.99. The van der Waals surface area contributed by atoms with E-state index in [4.69, 9.17) is 4.74 Å². The van der Waals surface area contributed by atoms with Crippen molar-refractivity contribution in [3.05, 3.63) is 36.2 Å². The predicted octanol–water partition coefficient (Wildman–Crippen LogP) is 2.51. The van der Waals surface area contributed by atoms with Crippen molar-refractivity contribution < 1.29 is 4.74 Å². The molecule has 2 aromatic rings. The lowest BCUT2D eigenvalue weighted by Gasteiger charge is -2.11. The average molecular weight is 243 g/mol. The quantitative estimate of drug-likeness (QED) is 0.870. The lowest BCUT2D eigenvalue weighted by molar-refractivity contribution is 0.415. The zero-order valence-corrected chi connectivity index (χ0v) is 10.4. The Labute approximate surface area is 106 Å². The van der Waals surface area contributed by atoms with E-state index in [1.54, 1.807) is 7.11 Å². The molecule has 1 saturated heterocycles. The normalized spacial score (nSPS) is 19.1. The van der Waals surface area contributed by atoms with Crippen molar-refractivity contribution in [3.8, 4) is 16.9 Å². The van der Waals surface area contributed by atoms with Crippen LogP contribution in [0.4, 0.5) is 0 Å². The fraction of sp³-hybridized carbons (Fsp3) is 0.357. The second-order valence-corrected chi connectivity index (χ2v) is 4.58. The number of aromatic amines is 1. The number of H-pyrrole nitrogens is 1. The Morgan fingerprint density at radius 1 is 1.39 bits per heavy atom. The van der Waals surface area contributed by atoms with Crippen molar-refractivity contribution in [1.82, 2.24) is 15.5 Å². The van der Waals surface area contributed by atoms with Gasteiger partial charge in [0.2, 0.25) is 0 Å². The van der Waals surface area contributed by atoms with Crippen LogP contribution in [-0.2, 0) is 0 Å². The van der Waals surface area contributed by atoms with Crippen LogP contribution in [0.2, 0.25) is 0 Å². The van der Waals surface area contributed by atoms with Gasteiger partial charge in [0, 0.05) is 11.6 Å². The standard InChI is InChI=1S/C14H17N3O/c1-18-11-5-2-4-10(8-11)12-9-16-17-14(12)13-6-3-7-15-13/h2,4-5,8-9,13,15H,3,6-7H2,1H3,(H,16,17). The first kappa shape index (κ1) is 11.3. The molecular weight excluding hydrogens is 226 g/mol. The van der Waals surface area contributed by atoms with Gasteiger partial charge < -0.3 is 10.1 Å². The maximum absolute atomic E-state index is 5.27. The molecule has 0 bridgehead atoms. The number of hydrogen-bond acceptors (Lipinski definition) is 3. The SMILES string of the molecule is COc1cccc(-c2cn[nH]c2C2CCCN2)c1. The summed E-state index contributed by atoms with van der Waals surface area (Å²) < 4.78 is 5.27. The molecule has 3 rings (SSSR count). The molecule has 1 aliphatic rings. The number of nitrogens with zero attached hydrogens (tertiary/aromatic N) is 1. The van der Waals surface area contributed by atoms with E-state index in [9.17, 15) is 0 Å². The van der Waals surface area contributed by atoms with Gasteiger partial charge in [0.25, 0.3) is 0 Å². The van der Waals surface area contributed by atoms with Crippen LogP contribution < -0.4 is 10.1 Å². The summed E-state index contributed by atoms with van der Waals surface area (Å²) >= 11 is 0. The predicted molar refractivity (Wildman–Crippen MR) is 70.6 cm³/mol. The molecule has 1 aliphatic heterocycles. The molecule has 0 radical (unpaired) electrons. The van der Waals surface area contributed by atoms with Gasteiger partial charge in [0.15, 0.2) is 0 Å². The van der Waals surface area contributed by atoms with Gasteiger partial charge in [0.05, 0.1) is 19.0 Å². The summed E-state index contributed by atoms with van der Waals surface area (Å²) in [7, 11) is 1.69. The summed E-state index contributed by atoms with van der Waals surface area (Å²) in [5, 5.41) is 10.8. The Balaban J connectivity index is 1.98. The van der Waals surface area contributed by atoms with E-state index in [0.29, 0.717) is 6.04 Å². The largest absolute Gasteiger partial charge is 0.497 e. The summed E-state index contributed by atoms with van der Waals surface area (Å²) in [4.78, 5) is 0. The zero-order valence-electron chi connectivity index (χ0n) is 10.4. The lowest BCUT2D eigenvalue weighted by Crippen LogP contribution is -2.14. The summed E-state index contributed by atoms with van der Waals surface area (Å²) in [5.41, 5.74) is 3.49. The number of nitrogens with one attached hydrogen (secondary N) is 2. The highest BCUT2D eigenvalue weighted by Crippen LogP contribution is 2.32. The molecule has 1 aromatic carbocycles. The van der Waals surface area contributed by atoms with Gasteiger partial charge >= 0.3 is 0 Å². The highest BCUT2D eigenvalue weighted by Gasteiger charge is 2.21. The maximum atomic E-state index is 5.27. The van der Waals surface area contributed by atoms with E-state index >= 15 is 0 Å². The first-order chi connectivity index (χ1) is 8.88. The van der Waals surface area contributed by atoms with E-state index in [0.717, 1.165) is 23.4 Å². The molecule has 94 valence electrons. The van der Waals surface area contributed by atoms with Gasteiger partial charge in [-0.05, 0) is 37.1 Å². The van der Waals surface area contributed by atoms with Crippen LogP contribution in [0.1, 0.15) is 24.6 Å². The highest BCUT2D eigenvalue weighted by atomic mass is 16.5.